The molecule has 7 heteroatoms. The largest absolute Gasteiger partial charge is 0.497 e. The number of amides is 1. The number of ether oxygens (including phenoxy) is 2. The number of furan rings is 1. The van der Waals surface area contributed by atoms with E-state index in [1.54, 1.807) is 43.5 Å². The zero-order chi connectivity index (χ0) is 21.6. The smallest absolute Gasteiger partial charge is 0.339 e. The molecule has 31 heavy (non-hydrogen) atoms. The molecular weight excluding hydrogens is 396 g/mol. The highest BCUT2D eigenvalue weighted by atomic mass is 16.5. The van der Waals surface area contributed by atoms with E-state index in [2.05, 4.69) is 10.3 Å². The Morgan fingerprint density at radius 1 is 1.03 bits per heavy atom. The number of fused-ring (bicyclic) bond motifs is 1. The van der Waals surface area contributed by atoms with E-state index in [0.29, 0.717) is 33.7 Å². The average Bonchev–Trinajstić information content (AvgIpc) is 3.34. The molecule has 0 aliphatic carbocycles. The fraction of sp³-hybridized carbons (Fsp3) is 0.125. The number of rotatable bonds is 7. The SMILES string of the molecule is COc1ccc2nc(-c3ccccc3)cc(C(=O)OCC(=O)NCc3ccco3)c2c1. The van der Waals surface area contributed by atoms with Gasteiger partial charge in [0.2, 0.25) is 0 Å². The van der Waals surface area contributed by atoms with Gasteiger partial charge in [-0.15, -0.1) is 0 Å². The zero-order valence-electron chi connectivity index (χ0n) is 16.8. The summed E-state index contributed by atoms with van der Waals surface area (Å²) in [5.41, 5.74) is 2.43. The molecule has 0 saturated carbocycles. The van der Waals surface area contributed by atoms with Crippen LogP contribution in [0.2, 0.25) is 0 Å². The highest BCUT2D eigenvalue weighted by Crippen LogP contribution is 2.28. The standard InChI is InChI=1S/C24H20N2O5/c1-29-17-9-10-21-19(12-17)20(13-22(26-21)16-6-3-2-4-7-16)24(28)31-15-23(27)25-14-18-8-5-11-30-18/h2-13H,14-15H2,1H3,(H,25,27). The van der Waals surface area contributed by atoms with E-state index in [-0.39, 0.29) is 6.54 Å². The Balaban J connectivity index is 1.58. The quantitative estimate of drug-likeness (QED) is 0.459. The number of hydrogen-bond donors (Lipinski definition) is 1. The molecule has 2 aromatic heterocycles. The maximum atomic E-state index is 12.9. The fourth-order valence-electron chi connectivity index (χ4n) is 3.12. The molecule has 2 aromatic carbocycles. The van der Waals surface area contributed by atoms with Crippen molar-refractivity contribution in [3.8, 4) is 17.0 Å². The van der Waals surface area contributed by atoms with E-state index in [0.717, 1.165) is 5.56 Å². The Bertz CT molecular complexity index is 1200. The Hall–Kier alpha value is -4.13. The van der Waals surface area contributed by atoms with E-state index in [9.17, 15) is 9.59 Å². The monoisotopic (exact) mass is 416 g/mol. The molecule has 0 aliphatic rings. The number of hydrogen-bond acceptors (Lipinski definition) is 6. The van der Waals surface area contributed by atoms with Crippen LogP contribution >= 0.6 is 0 Å². The molecule has 0 saturated heterocycles. The lowest BCUT2D eigenvalue weighted by Crippen LogP contribution is -2.28. The first-order valence-corrected chi connectivity index (χ1v) is 9.64. The van der Waals surface area contributed by atoms with Crippen molar-refractivity contribution >= 4 is 22.8 Å². The van der Waals surface area contributed by atoms with E-state index in [4.69, 9.17) is 13.9 Å². The summed E-state index contributed by atoms with van der Waals surface area (Å²) >= 11 is 0. The number of esters is 1. The van der Waals surface area contributed by atoms with Gasteiger partial charge in [0.05, 0.1) is 36.7 Å². The van der Waals surface area contributed by atoms with Crippen LogP contribution in [0.4, 0.5) is 0 Å². The molecule has 0 aliphatic heterocycles. The number of carbonyl (C=O) groups excluding carboxylic acids is 2. The van der Waals surface area contributed by atoms with E-state index in [1.807, 2.05) is 30.3 Å². The summed E-state index contributed by atoms with van der Waals surface area (Å²) < 4.78 is 15.7. The minimum atomic E-state index is -0.619. The molecule has 0 radical (unpaired) electrons. The van der Waals surface area contributed by atoms with Crippen LogP contribution < -0.4 is 10.1 Å². The predicted molar refractivity (Wildman–Crippen MR) is 115 cm³/mol. The maximum absolute atomic E-state index is 12.9. The summed E-state index contributed by atoms with van der Waals surface area (Å²) in [5, 5.41) is 3.23. The lowest BCUT2D eigenvalue weighted by atomic mass is 10.0. The average molecular weight is 416 g/mol. The second-order valence-corrected chi connectivity index (χ2v) is 6.74. The van der Waals surface area contributed by atoms with Gasteiger partial charge in [-0.25, -0.2) is 9.78 Å². The number of methoxy groups -OCH3 is 1. The Labute approximate surface area is 178 Å². The summed E-state index contributed by atoms with van der Waals surface area (Å²) in [6.45, 7) is -0.190. The van der Waals surface area contributed by atoms with Crippen LogP contribution in [0.15, 0.2) is 77.4 Å². The second kappa shape index (κ2) is 9.13. The van der Waals surface area contributed by atoms with Crippen molar-refractivity contribution in [1.82, 2.24) is 10.3 Å². The Morgan fingerprint density at radius 2 is 1.87 bits per heavy atom. The van der Waals surface area contributed by atoms with Gasteiger partial charge in [-0.3, -0.25) is 4.79 Å². The summed E-state index contributed by atoms with van der Waals surface area (Å²) in [4.78, 5) is 29.6. The van der Waals surface area contributed by atoms with Gasteiger partial charge in [0.1, 0.15) is 11.5 Å². The fourth-order valence-corrected chi connectivity index (χ4v) is 3.12. The first-order chi connectivity index (χ1) is 15.1. The second-order valence-electron chi connectivity index (χ2n) is 6.74. The highest BCUT2D eigenvalue weighted by Gasteiger charge is 2.17. The Morgan fingerprint density at radius 3 is 2.61 bits per heavy atom. The Kier molecular flexibility index (Phi) is 5.93. The van der Waals surface area contributed by atoms with Gasteiger partial charge in [-0.2, -0.15) is 0 Å². The van der Waals surface area contributed by atoms with Gasteiger partial charge in [0.25, 0.3) is 5.91 Å². The van der Waals surface area contributed by atoms with Crippen LogP contribution in [0.5, 0.6) is 5.75 Å². The molecule has 7 nitrogen and oxygen atoms in total. The van der Waals surface area contributed by atoms with Crippen molar-refractivity contribution < 1.29 is 23.5 Å². The summed E-state index contributed by atoms with van der Waals surface area (Å²) in [7, 11) is 1.55. The molecule has 0 fully saturated rings. The molecule has 0 unspecified atom stereocenters. The van der Waals surface area contributed by atoms with Gasteiger partial charge in [0, 0.05) is 10.9 Å². The van der Waals surface area contributed by atoms with Gasteiger partial charge in [0.15, 0.2) is 6.61 Å². The van der Waals surface area contributed by atoms with Crippen molar-refractivity contribution in [3.05, 3.63) is 84.3 Å². The maximum Gasteiger partial charge on any atom is 0.339 e. The lowest BCUT2D eigenvalue weighted by Gasteiger charge is -2.11. The molecular formula is C24H20N2O5. The van der Waals surface area contributed by atoms with Gasteiger partial charge in [-0.1, -0.05) is 30.3 Å². The summed E-state index contributed by atoms with van der Waals surface area (Å²) in [6.07, 6.45) is 1.52. The number of carbonyl (C=O) groups is 2. The first-order valence-electron chi connectivity index (χ1n) is 9.64. The summed E-state index contributed by atoms with van der Waals surface area (Å²) in [5.74, 6) is 0.154. The number of nitrogens with one attached hydrogen (secondary N) is 1. The molecule has 1 N–H and O–H groups in total. The van der Waals surface area contributed by atoms with Crippen LogP contribution in [-0.2, 0) is 16.1 Å². The van der Waals surface area contributed by atoms with Crippen molar-refractivity contribution in [2.24, 2.45) is 0 Å². The minimum absolute atomic E-state index is 0.219. The van der Waals surface area contributed by atoms with Crippen LogP contribution in [0, 0.1) is 0 Å². The van der Waals surface area contributed by atoms with Gasteiger partial charge < -0.3 is 19.2 Å². The number of pyridine rings is 1. The van der Waals surface area contributed by atoms with E-state index < -0.39 is 18.5 Å². The number of nitrogens with zero attached hydrogens (tertiary/aromatic N) is 1. The van der Waals surface area contributed by atoms with Crippen molar-refractivity contribution in [2.45, 2.75) is 6.54 Å². The third-order valence-electron chi connectivity index (χ3n) is 4.68. The lowest BCUT2D eigenvalue weighted by molar-refractivity contribution is -0.124. The molecule has 156 valence electrons. The normalized spacial score (nSPS) is 10.6. The topological polar surface area (TPSA) is 90.7 Å². The van der Waals surface area contributed by atoms with Crippen LogP contribution in [0.25, 0.3) is 22.2 Å². The van der Waals surface area contributed by atoms with Crippen molar-refractivity contribution in [3.63, 3.8) is 0 Å². The predicted octanol–water partition coefficient (Wildman–Crippen LogP) is 3.98. The molecule has 0 spiro atoms. The third kappa shape index (κ3) is 4.72. The van der Waals surface area contributed by atoms with Crippen LogP contribution in [0.1, 0.15) is 16.1 Å². The van der Waals surface area contributed by atoms with Gasteiger partial charge >= 0.3 is 5.97 Å². The van der Waals surface area contributed by atoms with Gasteiger partial charge in [-0.05, 0) is 36.4 Å². The number of aromatic nitrogens is 1. The highest BCUT2D eigenvalue weighted by molar-refractivity contribution is 6.05. The molecule has 4 rings (SSSR count). The third-order valence-corrected chi connectivity index (χ3v) is 4.68. The molecule has 1 amide bonds. The summed E-state index contributed by atoms with van der Waals surface area (Å²) in [6, 6.07) is 20.0. The molecule has 4 aromatic rings. The minimum Gasteiger partial charge on any atom is -0.497 e. The van der Waals surface area contributed by atoms with Crippen molar-refractivity contribution in [1.29, 1.82) is 0 Å². The first kappa shape index (κ1) is 20.2. The van der Waals surface area contributed by atoms with Crippen molar-refractivity contribution in [2.75, 3.05) is 13.7 Å². The zero-order valence-corrected chi connectivity index (χ0v) is 16.8. The van der Waals surface area contributed by atoms with Crippen LogP contribution in [-0.4, -0.2) is 30.6 Å². The molecule has 0 atom stereocenters. The number of benzene rings is 2. The molecule has 2 heterocycles. The molecule has 0 bridgehead atoms. The van der Waals surface area contributed by atoms with E-state index in [1.165, 1.54) is 6.26 Å². The van der Waals surface area contributed by atoms with Crippen LogP contribution in [0.3, 0.4) is 0 Å². The van der Waals surface area contributed by atoms with E-state index >= 15 is 0 Å².